The van der Waals surface area contributed by atoms with Gasteiger partial charge in [-0.05, 0) is 38.7 Å². The zero-order chi connectivity index (χ0) is 21.1. The van der Waals surface area contributed by atoms with Gasteiger partial charge in [0.2, 0.25) is 5.95 Å². The van der Waals surface area contributed by atoms with E-state index in [0.717, 1.165) is 6.07 Å². The Kier molecular flexibility index (Phi) is 6.37. The van der Waals surface area contributed by atoms with Gasteiger partial charge in [0, 0.05) is 24.8 Å². The lowest BCUT2D eigenvalue weighted by molar-refractivity contribution is -0.141. The van der Waals surface area contributed by atoms with Crippen molar-refractivity contribution in [3.05, 3.63) is 41.1 Å². The molecular weight excluding hydrogens is 388 g/mol. The molecule has 0 aliphatic rings. The van der Waals surface area contributed by atoms with Crippen LogP contribution in [0, 0.1) is 6.92 Å². The number of nitrogens with zero attached hydrogens (tertiary/aromatic N) is 3. The van der Waals surface area contributed by atoms with Crippen molar-refractivity contribution < 1.29 is 26.3 Å². The highest BCUT2D eigenvalue weighted by molar-refractivity contribution is 5.63. The van der Waals surface area contributed by atoms with E-state index in [4.69, 9.17) is 0 Å². The number of anilines is 3. The van der Waals surface area contributed by atoms with Gasteiger partial charge in [-0.3, -0.25) is 0 Å². The van der Waals surface area contributed by atoms with Crippen LogP contribution in [0.4, 0.5) is 43.8 Å². The molecule has 0 aliphatic heterocycles. The SMILES string of the molecule is Cc1c(Nc2cc(C(F)(F)F)nc(NCCN(C)C)n2)cccc1C(F)(F)F. The van der Waals surface area contributed by atoms with Gasteiger partial charge in [0.25, 0.3) is 0 Å². The summed E-state index contributed by atoms with van der Waals surface area (Å²) in [6, 6.07) is 4.05. The predicted molar refractivity (Wildman–Crippen MR) is 93.5 cm³/mol. The van der Waals surface area contributed by atoms with Crippen LogP contribution in [-0.4, -0.2) is 42.1 Å². The number of nitrogens with one attached hydrogen (secondary N) is 2. The molecule has 2 aromatic rings. The van der Waals surface area contributed by atoms with Crippen LogP contribution in [0.3, 0.4) is 0 Å². The zero-order valence-electron chi connectivity index (χ0n) is 15.3. The molecule has 0 spiro atoms. The van der Waals surface area contributed by atoms with Gasteiger partial charge in [-0.15, -0.1) is 0 Å². The molecule has 0 unspecified atom stereocenters. The summed E-state index contributed by atoms with van der Waals surface area (Å²) in [5.41, 5.74) is -2.24. The Hall–Kier alpha value is -2.56. The Morgan fingerprint density at radius 3 is 2.25 bits per heavy atom. The average Bonchev–Trinajstić information content (AvgIpc) is 2.54. The highest BCUT2D eigenvalue weighted by atomic mass is 19.4. The normalized spacial score (nSPS) is 12.4. The predicted octanol–water partition coefficient (Wildman–Crippen LogP) is 4.54. The standard InChI is InChI=1S/C17H19F6N5/c1-10-11(16(18,19)20)5-4-6-12(10)25-14-9-13(17(21,22)23)26-15(27-14)24-7-8-28(2)3/h4-6,9H,7-8H2,1-3H3,(H2,24,25,26,27). The third kappa shape index (κ3) is 5.72. The van der Waals surface area contributed by atoms with Gasteiger partial charge >= 0.3 is 12.4 Å². The average molecular weight is 407 g/mol. The summed E-state index contributed by atoms with van der Waals surface area (Å²) in [7, 11) is 3.58. The summed E-state index contributed by atoms with van der Waals surface area (Å²) in [5.74, 6) is -0.541. The summed E-state index contributed by atoms with van der Waals surface area (Å²) < 4.78 is 78.5. The van der Waals surface area contributed by atoms with Crippen LogP contribution in [0.5, 0.6) is 0 Å². The molecular formula is C17H19F6N5. The lowest BCUT2D eigenvalue weighted by Gasteiger charge is -2.17. The van der Waals surface area contributed by atoms with E-state index in [1.54, 1.807) is 14.1 Å². The van der Waals surface area contributed by atoms with Crippen molar-refractivity contribution in [3.8, 4) is 0 Å². The summed E-state index contributed by atoms with van der Waals surface area (Å²) in [4.78, 5) is 9.19. The lowest BCUT2D eigenvalue weighted by atomic mass is 10.1. The minimum atomic E-state index is -4.74. The van der Waals surface area contributed by atoms with Crippen molar-refractivity contribution in [3.63, 3.8) is 0 Å². The fourth-order valence-electron chi connectivity index (χ4n) is 2.34. The molecule has 2 N–H and O–H groups in total. The quantitative estimate of drug-likeness (QED) is 0.689. The van der Waals surface area contributed by atoms with Crippen molar-refractivity contribution in [1.29, 1.82) is 0 Å². The molecule has 0 amide bonds. The number of rotatable bonds is 6. The monoisotopic (exact) mass is 407 g/mol. The van der Waals surface area contributed by atoms with Crippen LogP contribution in [0.25, 0.3) is 0 Å². The van der Waals surface area contributed by atoms with Crippen LogP contribution in [0.1, 0.15) is 16.8 Å². The van der Waals surface area contributed by atoms with Gasteiger partial charge in [-0.1, -0.05) is 6.07 Å². The fourth-order valence-corrected chi connectivity index (χ4v) is 2.34. The first kappa shape index (κ1) is 21.7. The maximum Gasteiger partial charge on any atom is 0.433 e. The maximum absolute atomic E-state index is 13.1. The van der Waals surface area contributed by atoms with Crippen LogP contribution < -0.4 is 10.6 Å². The van der Waals surface area contributed by atoms with E-state index >= 15 is 0 Å². The smallest absolute Gasteiger partial charge is 0.353 e. The molecule has 0 saturated carbocycles. The molecule has 5 nitrogen and oxygen atoms in total. The number of alkyl halides is 6. The van der Waals surface area contributed by atoms with Crippen molar-refractivity contribution in [2.75, 3.05) is 37.8 Å². The van der Waals surface area contributed by atoms with E-state index in [1.165, 1.54) is 19.1 Å². The Morgan fingerprint density at radius 1 is 1.00 bits per heavy atom. The molecule has 0 saturated heterocycles. The van der Waals surface area contributed by atoms with Crippen molar-refractivity contribution in [2.24, 2.45) is 0 Å². The van der Waals surface area contributed by atoms with E-state index < -0.39 is 23.6 Å². The van der Waals surface area contributed by atoms with Crippen molar-refractivity contribution in [1.82, 2.24) is 14.9 Å². The molecule has 1 aromatic heterocycles. The highest BCUT2D eigenvalue weighted by Gasteiger charge is 2.35. The summed E-state index contributed by atoms with van der Waals surface area (Å²) in [6.07, 6.45) is -9.32. The third-order valence-electron chi connectivity index (χ3n) is 3.76. The molecule has 154 valence electrons. The Labute approximate surface area is 157 Å². The molecule has 0 atom stereocenters. The molecule has 2 rings (SSSR count). The van der Waals surface area contributed by atoms with Crippen LogP contribution in [-0.2, 0) is 12.4 Å². The van der Waals surface area contributed by atoms with Crippen LogP contribution in [0.15, 0.2) is 24.3 Å². The zero-order valence-corrected chi connectivity index (χ0v) is 15.3. The Balaban J connectivity index is 2.37. The molecule has 0 fully saturated rings. The number of hydrogen-bond acceptors (Lipinski definition) is 5. The second-order valence-corrected chi connectivity index (χ2v) is 6.29. The first-order valence-corrected chi connectivity index (χ1v) is 8.16. The lowest BCUT2D eigenvalue weighted by Crippen LogP contribution is -2.22. The minimum Gasteiger partial charge on any atom is -0.353 e. The molecule has 0 bridgehead atoms. The first-order valence-electron chi connectivity index (χ1n) is 8.16. The molecule has 0 aliphatic carbocycles. The molecule has 0 radical (unpaired) electrons. The first-order chi connectivity index (χ1) is 12.9. The number of benzene rings is 1. The number of aromatic nitrogens is 2. The highest BCUT2D eigenvalue weighted by Crippen LogP contribution is 2.36. The number of likely N-dealkylation sites (N-methyl/N-ethyl adjacent to an activating group) is 1. The molecule has 1 heterocycles. The second kappa shape index (κ2) is 8.21. The van der Waals surface area contributed by atoms with E-state index in [-0.39, 0.29) is 29.6 Å². The van der Waals surface area contributed by atoms with E-state index in [1.807, 2.05) is 4.90 Å². The molecule has 1 aromatic carbocycles. The minimum absolute atomic E-state index is 0.000825. The topological polar surface area (TPSA) is 53.1 Å². The molecule has 28 heavy (non-hydrogen) atoms. The van der Waals surface area contributed by atoms with Crippen LogP contribution in [0.2, 0.25) is 0 Å². The summed E-state index contributed by atoms with van der Waals surface area (Å²) in [5, 5.41) is 5.22. The summed E-state index contributed by atoms with van der Waals surface area (Å²) >= 11 is 0. The number of hydrogen-bond donors (Lipinski definition) is 2. The van der Waals surface area contributed by atoms with E-state index in [9.17, 15) is 26.3 Å². The molecule has 11 heteroatoms. The van der Waals surface area contributed by atoms with Gasteiger partial charge in [-0.2, -0.15) is 31.3 Å². The van der Waals surface area contributed by atoms with Gasteiger partial charge in [0.1, 0.15) is 5.82 Å². The van der Waals surface area contributed by atoms with E-state index in [0.29, 0.717) is 12.6 Å². The Bertz CT molecular complexity index is 817. The van der Waals surface area contributed by atoms with Gasteiger partial charge in [0.15, 0.2) is 5.69 Å². The van der Waals surface area contributed by atoms with Crippen LogP contribution >= 0.6 is 0 Å². The van der Waals surface area contributed by atoms with Crippen molar-refractivity contribution >= 4 is 17.5 Å². The van der Waals surface area contributed by atoms with Gasteiger partial charge < -0.3 is 15.5 Å². The van der Waals surface area contributed by atoms with Gasteiger partial charge in [-0.25, -0.2) is 4.98 Å². The largest absolute Gasteiger partial charge is 0.433 e. The van der Waals surface area contributed by atoms with Gasteiger partial charge in [0.05, 0.1) is 5.56 Å². The second-order valence-electron chi connectivity index (χ2n) is 6.29. The Morgan fingerprint density at radius 2 is 1.68 bits per heavy atom. The summed E-state index contributed by atoms with van der Waals surface area (Å²) in [6.45, 7) is 2.04. The van der Waals surface area contributed by atoms with Crippen molar-refractivity contribution in [2.45, 2.75) is 19.3 Å². The fraction of sp³-hybridized carbons (Fsp3) is 0.412. The maximum atomic E-state index is 13.1. The third-order valence-corrected chi connectivity index (χ3v) is 3.76. The van der Waals surface area contributed by atoms with E-state index in [2.05, 4.69) is 20.6 Å². The number of halogens is 6.